The Kier molecular flexibility index (Phi) is 4.60. The third-order valence-electron chi connectivity index (χ3n) is 6.15. The number of aromatic nitrogens is 2. The Morgan fingerprint density at radius 2 is 1.89 bits per heavy atom. The van der Waals surface area contributed by atoms with Gasteiger partial charge in [-0.1, -0.05) is 44.2 Å². The van der Waals surface area contributed by atoms with Crippen LogP contribution < -0.4 is 0 Å². The summed E-state index contributed by atoms with van der Waals surface area (Å²) >= 11 is 0. The first kappa shape index (κ1) is 17.9. The second kappa shape index (κ2) is 6.93. The van der Waals surface area contributed by atoms with Crippen molar-refractivity contribution >= 4 is 0 Å². The minimum atomic E-state index is -0.465. The summed E-state index contributed by atoms with van der Waals surface area (Å²) in [4.78, 5) is 0. The van der Waals surface area contributed by atoms with Gasteiger partial charge in [0.05, 0.1) is 18.0 Å². The van der Waals surface area contributed by atoms with Crippen molar-refractivity contribution in [2.75, 3.05) is 0 Å². The van der Waals surface area contributed by atoms with Gasteiger partial charge in [-0.2, -0.15) is 5.10 Å². The molecule has 2 unspecified atom stereocenters. The molecule has 1 aromatic heterocycles. The van der Waals surface area contributed by atoms with E-state index in [1.165, 1.54) is 23.4 Å². The van der Waals surface area contributed by atoms with Crippen LogP contribution in [0.3, 0.4) is 0 Å². The van der Waals surface area contributed by atoms with Gasteiger partial charge in [0.1, 0.15) is 5.82 Å². The molecule has 3 nitrogen and oxygen atoms in total. The minimum Gasteiger partial charge on any atom is -0.388 e. The van der Waals surface area contributed by atoms with Gasteiger partial charge in [0.2, 0.25) is 0 Å². The molecule has 0 spiro atoms. The fraction of sp³-hybridized carbons (Fsp3) is 0.348. The summed E-state index contributed by atoms with van der Waals surface area (Å²) < 4.78 is 15.2. The quantitative estimate of drug-likeness (QED) is 0.717. The Bertz CT molecular complexity index is 919. The lowest BCUT2D eigenvalue weighted by Crippen LogP contribution is -2.35. The zero-order valence-electron chi connectivity index (χ0n) is 15.8. The molecule has 0 fully saturated rings. The maximum absolute atomic E-state index is 13.2. The van der Waals surface area contributed by atoms with E-state index in [4.69, 9.17) is 0 Å². The van der Waals surface area contributed by atoms with Gasteiger partial charge in [-0.3, -0.25) is 0 Å². The smallest absolute Gasteiger partial charge is 0.123 e. The van der Waals surface area contributed by atoms with Crippen molar-refractivity contribution in [2.24, 2.45) is 11.3 Å². The Labute approximate surface area is 159 Å². The molecule has 1 aliphatic carbocycles. The number of rotatable bonds is 4. The highest BCUT2D eigenvalue weighted by Gasteiger charge is 2.39. The number of nitrogens with zero attached hydrogens (tertiary/aromatic N) is 2. The van der Waals surface area contributed by atoms with Crippen molar-refractivity contribution in [3.8, 4) is 5.69 Å². The van der Waals surface area contributed by atoms with Crippen LogP contribution in [-0.4, -0.2) is 14.9 Å². The third-order valence-corrected chi connectivity index (χ3v) is 6.15. The van der Waals surface area contributed by atoms with Crippen LogP contribution in [0.25, 0.3) is 5.69 Å². The second-order valence-electron chi connectivity index (χ2n) is 8.07. The fourth-order valence-electron chi connectivity index (χ4n) is 4.23. The third kappa shape index (κ3) is 3.42. The summed E-state index contributed by atoms with van der Waals surface area (Å²) in [7, 11) is 0. The van der Waals surface area contributed by atoms with Crippen molar-refractivity contribution in [1.82, 2.24) is 9.78 Å². The average Bonchev–Trinajstić information content (AvgIpc) is 3.05. The number of aliphatic hydroxyl groups is 1. The van der Waals surface area contributed by atoms with Crippen LogP contribution in [0.2, 0.25) is 0 Å². The van der Waals surface area contributed by atoms with Crippen LogP contribution in [0.1, 0.15) is 43.2 Å². The van der Waals surface area contributed by atoms with E-state index < -0.39 is 6.10 Å². The highest BCUT2D eigenvalue weighted by molar-refractivity contribution is 5.37. The first-order valence-electron chi connectivity index (χ1n) is 9.51. The number of fused-ring (bicyclic) bond motifs is 1. The van der Waals surface area contributed by atoms with Gasteiger partial charge < -0.3 is 5.11 Å². The summed E-state index contributed by atoms with van der Waals surface area (Å²) in [5.41, 5.74) is 4.27. The zero-order chi connectivity index (χ0) is 19.0. The van der Waals surface area contributed by atoms with Gasteiger partial charge in [0.15, 0.2) is 0 Å². The van der Waals surface area contributed by atoms with Crippen molar-refractivity contribution in [2.45, 2.75) is 39.2 Å². The van der Waals surface area contributed by atoms with Crippen LogP contribution in [0.4, 0.5) is 4.39 Å². The van der Waals surface area contributed by atoms with Crippen molar-refractivity contribution in [3.63, 3.8) is 0 Å². The van der Waals surface area contributed by atoms with Crippen LogP contribution in [0.5, 0.6) is 0 Å². The second-order valence-corrected chi connectivity index (χ2v) is 8.07. The maximum Gasteiger partial charge on any atom is 0.123 e. The molecule has 1 heterocycles. The summed E-state index contributed by atoms with van der Waals surface area (Å²) in [6.07, 6.45) is 3.96. The molecule has 0 radical (unpaired) electrons. The Morgan fingerprint density at radius 3 is 2.59 bits per heavy atom. The molecule has 0 aliphatic heterocycles. The van der Waals surface area contributed by atoms with E-state index in [9.17, 15) is 9.50 Å². The van der Waals surface area contributed by atoms with Crippen LogP contribution in [0, 0.1) is 17.2 Å². The van der Waals surface area contributed by atoms with Gasteiger partial charge in [0.25, 0.3) is 0 Å². The number of aliphatic hydroxyl groups excluding tert-OH is 1. The van der Waals surface area contributed by atoms with E-state index in [1.54, 1.807) is 12.1 Å². The molecule has 1 aliphatic rings. The molecule has 140 valence electrons. The summed E-state index contributed by atoms with van der Waals surface area (Å²) in [5.74, 6) is 0.162. The molecule has 2 aromatic carbocycles. The molecule has 0 saturated carbocycles. The Balaban J connectivity index is 1.59. The van der Waals surface area contributed by atoms with E-state index in [2.05, 4.69) is 18.9 Å². The molecule has 4 rings (SSSR count). The average molecular weight is 364 g/mol. The predicted molar refractivity (Wildman–Crippen MR) is 104 cm³/mol. The molecule has 0 bridgehead atoms. The van der Waals surface area contributed by atoms with Gasteiger partial charge in [-0.05, 0) is 66.0 Å². The molecular weight excluding hydrogens is 339 g/mol. The molecular formula is C23H25FN2O. The SMILES string of the molecule is CC1Cc2c(cnn2-c2ccc(F)cc2)C[C@]1(C)CC(O)c1ccccc1. The first-order valence-corrected chi connectivity index (χ1v) is 9.51. The molecule has 3 atom stereocenters. The molecule has 3 aromatic rings. The number of hydrogen-bond acceptors (Lipinski definition) is 2. The molecule has 27 heavy (non-hydrogen) atoms. The van der Waals surface area contributed by atoms with Gasteiger partial charge in [-0.15, -0.1) is 0 Å². The van der Waals surface area contributed by atoms with Crippen molar-refractivity contribution < 1.29 is 9.50 Å². The fourth-order valence-corrected chi connectivity index (χ4v) is 4.23. The normalized spacial score (nSPS) is 23.0. The highest BCUT2D eigenvalue weighted by Crippen LogP contribution is 2.45. The van der Waals surface area contributed by atoms with Crippen LogP contribution in [-0.2, 0) is 12.8 Å². The van der Waals surface area contributed by atoms with Crippen molar-refractivity contribution in [1.29, 1.82) is 0 Å². The topological polar surface area (TPSA) is 38.0 Å². The lowest BCUT2D eigenvalue weighted by Gasteiger charge is -2.41. The standard InChI is InChI=1S/C23H25FN2O/c1-16-12-21-18(15-25-26(21)20-10-8-19(24)9-11-20)13-23(16,2)14-22(27)17-6-4-3-5-7-17/h3-11,15-16,22,27H,12-14H2,1-2H3/t16?,22?,23-/m1/s1. The van der Waals surface area contributed by atoms with Gasteiger partial charge in [0, 0.05) is 5.69 Å². The van der Waals surface area contributed by atoms with Crippen LogP contribution >= 0.6 is 0 Å². The summed E-state index contributed by atoms with van der Waals surface area (Å²) in [6, 6.07) is 16.3. The molecule has 0 amide bonds. The monoisotopic (exact) mass is 364 g/mol. The van der Waals surface area contributed by atoms with E-state index in [1.807, 2.05) is 41.2 Å². The Hall–Kier alpha value is -2.46. The zero-order valence-corrected chi connectivity index (χ0v) is 15.8. The lowest BCUT2D eigenvalue weighted by molar-refractivity contribution is 0.0652. The molecule has 4 heteroatoms. The highest BCUT2D eigenvalue weighted by atomic mass is 19.1. The van der Waals surface area contributed by atoms with Gasteiger partial charge >= 0.3 is 0 Å². The van der Waals surface area contributed by atoms with E-state index in [-0.39, 0.29) is 11.2 Å². The summed E-state index contributed by atoms with van der Waals surface area (Å²) in [5, 5.41) is 15.3. The van der Waals surface area contributed by atoms with E-state index in [0.717, 1.165) is 30.5 Å². The van der Waals surface area contributed by atoms with Crippen molar-refractivity contribution in [3.05, 3.63) is 83.4 Å². The predicted octanol–water partition coefficient (Wildman–Crippen LogP) is 4.88. The molecule has 1 N–H and O–H groups in total. The molecule has 0 saturated heterocycles. The number of benzene rings is 2. The number of halogens is 1. The van der Waals surface area contributed by atoms with E-state index in [0.29, 0.717) is 5.92 Å². The maximum atomic E-state index is 13.2. The number of hydrogen-bond donors (Lipinski definition) is 1. The lowest BCUT2D eigenvalue weighted by atomic mass is 9.64. The van der Waals surface area contributed by atoms with Gasteiger partial charge in [-0.25, -0.2) is 9.07 Å². The van der Waals surface area contributed by atoms with Crippen LogP contribution in [0.15, 0.2) is 60.8 Å². The minimum absolute atomic E-state index is 0.00107. The largest absolute Gasteiger partial charge is 0.388 e. The summed E-state index contributed by atoms with van der Waals surface area (Å²) in [6.45, 7) is 4.52. The Morgan fingerprint density at radius 1 is 1.19 bits per heavy atom. The van der Waals surface area contributed by atoms with E-state index >= 15 is 0 Å². The first-order chi connectivity index (χ1) is 13.0.